The molecule has 6 nitrogen and oxygen atoms in total. The SMILES string of the molecule is O=C(Nc1nccc2ccccc12)c1cccc(Sc2ccc([N+](=O)[O-])cc2)c1. The maximum atomic E-state index is 12.7. The predicted molar refractivity (Wildman–Crippen MR) is 113 cm³/mol. The summed E-state index contributed by atoms with van der Waals surface area (Å²) >= 11 is 1.43. The molecule has 0 spiro atoms. The summed E-state index contributed by atoms with van der Waals surface area (Å²) < 4.78 is 0. The van der Waals surface area contributed by atoms with E-state index in [0.29, 0.717) is 11.4 Å². The predicted octanol–water partition coefficient (Wildman–Crippen LogP) is 5.55. The minimum atomic E-state index is -0.430. The average molecular weight is 401 g/mol. The number of benzene rings is 3. The number of hydrogen-bond donors (Lipinski definition) is 1. The highest BCUT2D eigenvalue weighted by molar-refractivity contribution is 7.99. The van der Waals surface area contributed by atoms with E-state index in [0.717, 1.165) is 20.6 Å². The molecule has 142 valence electrons. The van der Waals surface area contributed by atoms with Crippen LogP contribution in [0.15, 0.2) is 94.9 Å². The van der Waals surface area contributed by atoms with E-state index in [4.69, 9.17) is 0 Å². The van der Waals surface area contributed by atoms with Gasteiger partial charge in [0.15, 0.2) is 0 Å². The second-order valence-corrected chi connectivity index (χ2v) is 7.36. The summed E-state index contributed by atoms with van der Waals surface area (Å²) in [6, 6.07) is 23.1. The molecule has 0 unspecified atom stereocenters. The molecule has 0 saturated carbocycles. The lowest BCUT2D eigenvalue weighted by molar-refractivity contribution is -0.384. The Balaban J connectivity index is 1.53. The number of fused-ring (bicyclic) bond motifs is 1. The smallest absolute Gasteiger partial charge is 0.269 e. The highest BCUT2D eigenvalue weighted by Gasteiger charge is 2.11. The summed E-state index contributed by atoms with van der Waals surface area (Å²) in [6.45, 7) is 0. The standard InChI is InChI=1S/C22H15N3O3S/c26-22(24-21-20-7-2-1-4-15(20)12-13-23-21)16-5-3-6-19(14-16)29-18-10-8-17(9-11-18)25(27)28/h1-14H,(H,23,24,26). The van der Waals surface area contributed by atoms with Crippen molar-refractivity contribution in [2.24, 2.45) is 0 Å². The first-order valence-electron chi connectivity index (χ1n) is 8.78. The molecule has 0 aliphatic carbocycles. The molecule has 1 N–H and O–H groups in total. The maximum Gasteiger partial charge on any atom is 0.269 e. The molecule has 0 saturated heterocycles. The highest BCUT2D eigenvalue weighted by Crippen LogP contribution is 2.30. The van der Waals surface area contributed by atoms with Crippen LogP contribution in [-0.2, 0) is 0 Å². The minimum absolute atomic E-state index is 0.0464. The monoisotopic (exact) mass is 401 g/mol. The zero-order valence-electron chi connectivity index (χ0n) is 15.1. The van der Waals surface area contributed by atoms with Crippen LogP contribution in [0.1, 0.15) is 10.4 Å². The largest absolute Gasteiger partial charge is 0.306 e. The van der Waals surface area contributed by atoms with Gasteiger partial charge in [0.1, 0.15) is 5.82 Å². The number of anilines is 1. The lowest BCUT2D eigenvalue weighted by Gasteiger charge is -2.09. The Kier molecular flexibility index (Phi) is 5.22. The fourth-order valence-electron chi connectivity index (χ4n) is 2.87. The zero-order chi connectivity index (χ0) is 20.2. The van der Waals surface area contributed by atoms with Gasteiger partial charge in [-0.2, -0.15) is 0 Å². The molecular formula is C22H15N3O3S. The molecule has 0 fully saturated rings. The quantitative estimate of drug-likeness (QED) is 0.350. The number of carbonyl (C=O) groups excluding carboxylic acids is 1. The molecule has 29 heavy (non-hydrogen) atoms. The van der Waals surface area contributed by atoms with Gasteiger partial charge in [0, 0.05) is 39.1 Å². The average Bonchev–Trinajstić information content (AvgIpc) is 2.74. The van der Waals surface area contributed by atoms with E-state index in [1.165, 1.54) is 23.9 Å². The Bertz CT molecular complexity index is 1200. The summed E-state index contributed by atoms with van der Waals surface area (Å²) in [6.07, 6.45) is 1.67. The molecule has 1 heterocycles. The zero-order valence-corrected chi connectivity index (χ0v) is 15.9. The Morgan fingerprint density at radius 1 is 0.931 bits per heavy atom. The van der Waals surface area contributed by atoms with E-state index >= 15 is 0 Å². The molecule has 7 heteroatoms. The van der Waals surface area contributed by atoms with Crippen molar-refractivity contribution in [3.63, 3.8) is 0 Å². The fraction of sp³-hybridized carbons (Fsp3) is 0. The number of carbonyl (C=O) groups is 1. The molecule has 0 aliphatic heterocycles. The van der Waals surface area contributed by atoms with E-state index < -0.39 is 4.92 Å². The molecule has 0 atom stereocenters. The summed E-state index contributed by atoms with van der Waals surface area (Å²) in [5, 5.41) is 15.5. The van der Waals surface area contributed by atoms with Gasteiger partial charge in [-0.15, -0.1) is 0 Å². The van der Waals surface area contributed by atoms with Gasteiger partial charge in [-0.05, 0) is 41.8 Å². The van der Waals surface area contributed by atoms with Crippen LogP contribution in [-0.4, -0.2) is 15.8 Å². The maximum absolute atomic E-state index is 12.7. The van der Waals surface area contributed by atoms with Crippen molar-refractivity contribution in [2.75, 3.05) is 5.32 Å². The van der Waals surface area contributed by atoms with Crippen molar-refractivity contribution in [3.8, 4) is 0 Å². The number of amides is 1. The number of rotatable bonds is 5. The molecule has 0 radical (unpaired) electrons. The van der Waals surface area contributed by atoms with E-state index in [1.54, 1.807) is 36.5 Å². The number of nitrogens with one attached hydrogen (secondary N) is 1. The van der Waals surface area contributed by atoms with Crippen LogP contribution < -0.4 is 5.32 Å². The van der Waals surface area contributed by atoms with Gasteiger partial charge in [-0.1, -0.05) is 42.1 Å². The Morgan fingerprint density at radius 3 is 2.52 bits per heavy atom. The van der Waals surface area contributed by atoms with Crippen molar-refractivity contribution in [1.29, 1.82) is 0 Å². The Labute approximate surface area is 170 Å². The fourth-order valence-corrected chi connectivity index (χ4v) is 3.75. The molecule has 1 aromatic heterocycles. The van der Waals surface area contributed by atoms with Crippen LogP contribution in [0.5, 0.6) is 0 Å². The first-order chi connectivity index (χ1) is 14.1. The molecule has 0 aliphatic rings. The van der Waals surface area contributed by atoms with E-state index in [1.807, 2.05) is 36.4 Å². The second kappa shape index (κ2) is 8.12. The van der Waals surface area contributed by atoms with Crippen molar-refractivity contribution >= 4 is 39.9 Å². The van der Waals surface area contributed by atoms with Crippen LogP contribution in [0.25, 0.3) is 10.8 Å². The van der Waals surface area contributed by atoms with Crippen LogP contribution in [0.4, 0.5) is 11.5 Å². The molecule has 4 rings (SSSR count). The summed E-state index contributed by atoms with van der Waals surface area (Å²) in [7, 11) is 0. The number of nitro benzene ring substituents is 1. The number of nitrogens with zero attached hydrogens (tertiary/aromatic N) is 2. The second-order valence-electron chi connectivity index (χ2n) is 6.22. The normalized spacial score (nSPS) is 10.6. The third-order valence-electron chi connectivity index (χ3n) is 4.29. The van der Waals surface area contributed by atoms with Crippen LogP contribution in [0, 0.1) is 10.1 Å². The van der Waals surface area contributed by atoms with E-state index in [-0.39, 0.29) is 11.6 Å². The summed E-state index contributed by atoms with van der Waals surface area (Å²) in [5.74, 6) is 0.265. The third-order valence-corrected chi connectivity index (χ3v) is 5.28. The first kappa shape index (κ1) is 18.6. The number of pyridine rings is 1. The van der Waals surface area contributed by atoms with Crippen molar-refractivity contribution < 1.29 is 9.72 Å². The first-order valence-corrected chi connectivity index (χ1v) is 9.59. The number of aromatic nitrogens is 1. The number of nitro groups is 1. The van der Waals surface area contributed by atoms with Gasteiger partial charge < -0.3 is 5.32 Å². The highest BCUT2D eigenvalue weighted by atomic mass is 32.2. The number of non-ortho nitro benzene ring substituents is 1. The lowest BCUT2D eigenvalue weighted by atomic mass is 10.1. The van der Waals surface area contributed by atoms with Gasteiger partial charge in [-0.25, -0.2) is 4.98 Å². The minimum Gasteiger partial charge on any atom is -0.306 e. The Morgan fingerprint density at radius 2 is 1.72 bits per heavy atom. The van der Waals surface area contributed by atoms with Gasteiger partial charge in [0.25, 0.3) is 11.6 Å². The molecule has 4 aromatic rings. The Hall–Kier alpha value is -3.71. The van der Waals surface area contributed by atoms with Gasteiger partial charge in [0.05, 0.1) is 4.92 Å². The van der Waals surface area contributed by atoms with Gasteiger partial charge in [0.2, 0.25) is 0 Å². The molecule has 1 amide bonds. The van der Waals surface area contributed by atoms with E-state index in [2.05, 4.69) is 10.3 Å². The summed E-state index contributed by atoms with van der Waals surface area (Å²) in [5.41, 5.74) is 0.553. The van der Waals surface area contributed by atoms with Crippen molar-refractivity contribution in [1.82, 2.24) is 4.98 Å². The van der Waals surface area contributed by atoms with Crippen molar-refractivity contribution in [2.45, 2.75) is 9.79 Å². The van der Waals surface area contributed by atoms with Crippen LogP contribution >= 0.6 is 11.8 Å². The molecule has 3 aromatic carbocycles. The van der Waals surface area contributed by atoms with Crippen LogP contribution in [0.3, 0.4) is 0 Å². The molecular weight excluding hydrogens is 386 g/mol. The molecule has 0 bridgehead atoms. The van der Waals surface area contributed by atoms with Gasteiger partial charge in [-0.3, -0.25) is 14.9 Å². The summed E-state index contributed by atoms with van der Waals surface area (Å²) in [4.78, 5) is 29.1. The lowest BCUT2D eigenvalue weighted by Crippen LogP contribution is -2.13. The number of hydrogen-bond acceptors (Lipinski definition) is 5. The van der Waals surface area contributed by atoms with Crippen LogP contribution in [0.2, 0.25) is 0 Å². The van der Waals surface area contributed by atoms with Gasteiger partial charge >= 0.3 is 0 Å². The topological polar surface area (TPSA) is 85.1 Å². The van der Waals surface area contributed by atoms with E-state index in [9.17, 15) is 14.9 Å². The van der Waals surface area contributed by atoms with Crippen molar-refractivity contribution in [3.05, 3.63) is 101 Å². The third kappa shape index (κ3) is 4.25.